The van der Waals surface area contributed by atoms with E-state index in [-0.39, 0.29) is 0 Å². The standard InChI is InChI=1S/C18H18N6S/c1-12-14(18(19)24-11-23-12)9-15(20-2)16-7-6-13(25-16)10-22-17-5-3-4-8-21-17/h3-9,11H,1,10H2,2H3,(H,21,22)(H2,19,23,24)/b14-9+,20-15?. The van der Waals surface area contributed by atoms with Crippen molar-refractivity contribution in [1.29, 1.82) is 0 Å². The molecule has 0 radical (unpaired) electrons. The molecular formula is C18H18N6S. The Balaban J connectivity index is 1.82. The van der Waals surface area contributed by atoms with Crippen LogP contribution in [0.5, 0.6) is 0 Å². The van der Waals surface area contributed by atoms with E-state index in [4.69, 9.17) is 5.73 Å². The molecule has 0 bridgehead atoms. The van der Waals surface area contributed by atoms with Crippen molar-refractivity contribution < 1.29 is 0 Å². The average molecular weight is 350 g/mol. The largest absolute Gasteiger partial charge is 0.383 e. The highest BCUT2D eigenvalue weighted by Gasteiger charge is 2.06. The van der Waals surface area contributed by atoms with Crippen molar-refractivity contribution >= 4 is 41.3 Å². The summed E-state index contributed by atoms with van der Waals surface area (Å²) in [6, 6.07) is 9.90. The number of nitrogen functional groups attached to an aromatic ring is 1. The molecule has 3 rings (SSSR count). The van der Waals surface area contributed by atoms with Gasteiger partial charge < -0.3 is 11.1 Å². The monoisotopic (exact) mass is 350 g/mol. The number of rotatable bonds is 5. The van der Waals surface area contributed by atoms with Crippen LogP contribution in [0, 0.1) is 0 Å². The van der Waals surface area contributed by atoms with Crippen molar-refractivity contribution in [3.8, 4) is 0 Å². The zero-order chi connectivity index (χ0) is 17.6. The molecule has 7 heteroatoms. The Hall–Kier alpha value is -3.06. The number of nitrogens with two attached hydrogens (primary N) is 1. The van der Waals surface area contributed by atoms with E-state index >= 15 is 0 Å². The molecule has 0 aromatic carbocycles. The predicted molar refractivity (Wildman–Crippen MR) is 104 cm³/mol. The van der Waals surface area contributed by atoms with Crippen LogP contribution >= 0.6 is 11.3 Å². The number of aliphatic imine (C=N–C) groups is 1. The summed E-state index contributed by atoms with van der Waals surface area (Å²) in [6.07, 6.45) is 5.05. The predicted octanol–water partition coefficient (Wildman–Crippen LogP) is 1.44. The van der Waals surface area contributed by atoms with Gasteiger partial charge in [0.2, 0.25) is 0 Å². The van der Waals surface area contributed by atoms with Gasteiger partial charge in [0, 0.05) is 23.3 Å². The van der Waals surface area contributed by atoms with Crippen LogP contribution < -0.4 is 21.6 Å². The van der Waals surface area contributed by atoms with Gasteiger partial charge >= 0.3 is 0 Å². The van der Waals surface area contributed by atoms with E-state index < -0.39 is 0 Å². The van der Waals surface area contributed by atoms with Gasteiger partial charge in [-0.3, -0.25) is 4.99 Å². The second-order valence-electron chi connectivity index (χ2n) is 5.21. The first kappa shape index (κ1) is 16.8. The quantitative estimate of drug-likeness (QED) is 0.680. The molecule has 0 aliphatic carbocycles. The molecule has 0 saturated heterocycles. The number of anilines is 2. The Morgan fingerprint density at radius 1 is 1.28 bits per heavy atom. The van der Waals surface area contributed by atoms with E-state index in [1.165, 1.54) is 11.2 Å². The number of nitrogens with one attached hydrogen (secondary N) is 1. The van der Waals surface area contributed by atoms with Crippen LogP contribution in [0.2, 0.25) is 0 Å². The molecule has 0 fully saturated rings. The van der Waals surface area contributed by atoms with Gasteiger partial charge in [0.1, 0.15) is 18.0 Å². The van der Waals surface area contributed by atoms with Gasteiger partial charge in [-0.15, -0.1) is 11.3 Å². The molecule has 126 valence electrons. The lowest BCUT2D eigenvalue weighted by molar-refractivity contribution is 1.11. The van der Waals surface area contributed by atoms with Gasteiger partial charge in [-0.25, -0.2) is 15.0 Å². The molecule has 0 atom stereocenters. The second kappa shape index (κ2) is 7.67. The third kappa shape index (κ3) is 4.07. The molecule has 25 heavy (non-hydrogen) atoms. The second-order valence-corrected chi connectivity index (χ2v) is 6.38. The number of nitrogens with zero attached hydrogens (tertiary/aromatic N) is 4. The summed E-state index contributed by atoms with van der Waals surface area (Å²) in [4.78, 5) is 19.0. The molecule has 6 nitrogen and oxygen atoms in total. The Bertz CT molecular complexity index is 994. The maximum atomic E-state index is 5.93. The van der Waals surface area contributed by atoms with Gasteiger partial charge in [0.05, 0.1) is 22.5 Å². The van der Waals surface area contributed by atoms with Crippen molar-refractivity contribution in [2.24, 2.45) is 4.99 Å². The lowest BCUT2D eigenvalue weighted by Crippen LogP contribution is -2.31. The number of thiophene rings is 1. The van der Waals surface area contributed by atoms with E-state index in [0.29, 0.717) is 22.9 Å². The van der Waals surface area contributed by atoms with Gasteiger partial charge in [-0.1, -0.05) is 12.6 Å². The normalized spacial score (nSPS) is 12.4. The summed E-state index contributed by atoms with van der Waals surface area (Å²) in [6.45, 7) is 4.60. The van der Waals surface area contributed by atoms with Crippen LogP contribution in [0.15, 0.2) is 47.8 Å². The summed E-state index contributed by atoms with van der Waals surface area (Å²) < 4.78 is 0. The summed E-state index contributed by atoms with van der Waals surface area (Å²) in [5.41, 5.74) is 6.75. The van der Waals surface area contributed by atoms with Crippen LogP contribution in [0.25, 0.3) is 12.7 Å². The molecule has 3 heterocycles. The summed E-state index contributed by atoms with van der Waals surface area (Å²) >= 11 is 1.66. The van der Waals surface area contributed by atoms with E-state index in [1.807, 2.05) is 30.3 Å². The van der Waals surface area contributed by atoms with Gasteiger partial charge in [0.15, 0.2) is 0 Å². The highest BCUT2D eigenvalue weighted by atomic mass is 32.1. The zero-order valence-corrected chi connectivity index (χ0v) is 14.6. The Kier molecular flexibility index (Phi) is 5.15. The van der Waals surface area contributed by atoms with Crippen molar-refractivity contribution in [3.05, 3.63) is 63.2 Å². The van der Waals surface area contributed by atoms with Crippen LogP contribution in [0.3, 0.4) is 0 Å². The van der Waals surface area contributed by atoms with E-state index in [1.54, 1.807) is 24.6 Å². The third-order valence-electron chi connectivity index (χ3n) is 3.54. The molecule has 0 spiro atoms. The summed E-state index contributed by atoms with van der Waals surface area (Å²) in [7, 11) is 1.75. The Labute approximate surface area is 149 Å². The first-order valence-electron chi connectivity index (χ1n) is 7.65. The maximum absolute atomic E-state index is 5.93. The minimum absolute atomic E-state index is 0.398. The lowest BCUT2D eigenvalue weighted by Gasteiger charge is -2.02. The molecule has 3 aromatic heterocycles. The minimum Gasteiger partial charge on any atom is -0.383 e. The summed E-state index contributed by atoms with van der Waals surface area (Å²) in [5, 5.41) is 4.58. The SMILES string of the molecule is C=c1ncnc(N)/c1=C/C(=NC)c1ccc(CNc2ccccn2)s1. The number of hydrogen-bond acceptors (Lipinski definition) is 7. The van der Waals surface area contributed by atoms with Crippen LogP contribution in [0.1, 0.15) is 9.75 Å². The minimum atomic E-state index is 0.398. The molecule has 3 N–H and O–H groups in total. The highest BCUT2D eigenvalue weighted by molar-refractivity contribution is 7.14. The van der Waals surface area contributed by atoms with E-state index in [9.17, 15) is 0 Å². The third-order valence-corrected chi connectivity index (χ3v) is 4.65. The van der Waals surface area contributed by atoms with Crippen molar-refractivity contribution in [2.75, 3.05) is 18.1 Å². The number of pyridine rings is 1. The molecule has 0 aliphatic rings. The fourth-order valence-corrected chi connectivity index (χ4v) is 3.20. The molecule has 0 aliphatic heterocycles. The van der Waals surface area contributed by atoms with Crippen molar-refractivity contribution in [2.45, 2.75) is 6.54 Å². The Morgan fingerprint density at radius 3 is 2.88 bits per heavy atom. The topological polar surface area (TPSA) is 89.1 Å². The van der Waals surface area contributed by atoms with Gasteiger partial charge in [-0.05, 0) is 30.3 Å². The van der Waals surface area contributed by atoms with E-state index in [0.717, 1.165) is 16.4 Å². The smallest absolute Gasteiger partial charge is 0.134 e. The van der Waals surface area contributed by atoms with Crippen LogP contribution in [-0.4, -0.2) is 27.7 Å². The molecule has 0 saturated carbocycles. The first-order chi connectivity index (χ1) is 12.2. The van der Waals surface area contributed by atoms with Gasteiger partial charge in [0.25, 0.3) is 0 Å². The zero-order valence-electron chi connectivity index (χ0n) is 13.8. The highest BCUT2D eigenvalue weighted by Crippen LogP contribution is 2.19. The first-order valence-corrected chi connectivity index (χ1v) is 8.47. The number of hydrogen-bond donors (Lipinski definition) is 2. The fraction of sp³-hybridized carbons (Fsp3) is 0.111. The van der Waals surface area contributed by atoms with E-state index in [2.05, 4.69) is 37.9 Å². The summed E-state index contributed by atoms with van der Waals surface area (Å²) in [5.74, 6) is 1.25. The molecular weight excluding hydrogens is 332 g/mol. The average Bonchev–Trinajstić information content (AvgIpc) is 3.09. The van der Waals surface area contributed by atoms with Crippen molar-refractivity contribution in [1.82, 2.24) is 15.0 Å². The number of aromatic nitrogens is 3. The molecule has 0 unspecified atom stereocenters. The van der Waals surface area contributed by atoms with Gasteiger partial charge in [-0.2, -0.15) is 0 Å². The fourth-order valence-electron chi connectivity index (χ4n) is 2.24. The Morgan fingerprint density at radius 2 is 2.16 bits per heavy atom. The van der Waals surface area contributed by atoms with Crippen LogP contribution in [-0.2, 0) is 6.54 Å². The van der Waals surface area contributed by atoms with Crippen LogP contribution in [0.4, 0.5) is 11.6 Å². The molecule has 3 aromatic rings. The lowest BCUT2D eigenvalue weighted by atomic mass is 10.2. The van der Waals surface area contributed by atoms with Crippen molar-refractivity contribution in [3.63, 3.8) is 0 Å². The maximum Gasteiger partial charge on any atom is 0.134 e. The molecule has 0 amide bonds.